The van der Waals surface area contributed by atoms with Gasteiger partial charge in [0, 0.05) is 0 Å². The van der Waals surface area contributed by atoms with Crippen LogP contribution in [0.5, 0.6) is 0 Å². The summed E-state index contributed by atoms with van der Waals surface area (Å²) < 4.78 is 0. The summed E-state index contributed by atoms with van der Waals surface area (Å²) in [7, 11) is 0. The molecule has 0 saturated heterocycles. The summed E-state index contributed by atoms with van der Waals surface area (Å²) >= 11 is 0. The first-order chi connectivity index (χ1) is 8.72. The molecule has 18 heavy (non-hydrogen) atoms. The van der Waals surface area contributed by atoms with Gasteiger partial charge >= 0.3 is 0 Å². The van der Waals surface area contributed by atoms with Gasteiger partial charge in [0.1, 0.15) is 5.69 Å². The summed E-state index contributed by atoms with van der Waals surface area (Å²) in [5.74, 6) is 0. The zero-order valence-electron chi connectivity index (χ0n) is 10.8. The molecule has 1 heterocycles. The molecule has 0 amide bonds. The summed E-state index contributed by atoms with van der Waals surface area (Å²) in [6, 6.07) is 9.94. The summed E-state index contributed by atoms with van der Waals surface area (Å²) in [5.41, 5.74) is 2.89. The van der Waals surface area contributed by atoms with Crippen molar-refractivity contribution in [2.75, 3.05) is 6.54 Å². The number of nitrogens with one attached hydrogen (secondary N) is 1. The summed E-state index contributed by atoms with van der Waals surface area (Å²) in [6.45, 7) is 8.93. The van der Waals surface area contributed by atoms with Crippen LogP contribution < -0.4 is 5.32 Å². The minimum atomic E-state index is 0.0625. The van der Waals surface area contributed by atoms with Crippen LogP contribution in [-0.4, -0.2) is 21.5 Å². The Morgan fingerprint density at radius 3 is 2.72 bits per heavy atom. The molecule has 1 aromatic heterocycles. The maximum atomic E-state index is 4.50. The molecular formula is C14H18N4. The van der Waals surface area contributed by atoms with Gasteiger partial charge in [-0.2, -0.15) is 15.0 Å². The van der Waals surface area contributed by atoms with Crippen molar-refractivity contribution in [2.45, 2.75) is 19.9 Å². The fourth-order valence-corrected chi connectivity index (χ4v) is 1.83. The van der Waals surface area contributed by atoms with Gasteiger partial charge in [0.25, 0.3) is 0 Å². The topological polar surface area (TPSA) is 42.7 Å². The molecule has 1 N–H and O–H groups in total. The first-order valence-corrected chi connectivity index (χ1v) is 6.09. The first-order valence-electron chi connectivity index (χ1n) is 6.09. The Kier molecular flexibility index (Phi) is 3.89. The van der Waals surface area contributed by atoms with E-state index in [4.69, 9.17) is 0 Å². The number of likely N-dealkylation sites (N-methyl/N-ethyl adjacent to an activating group) is 1. The molecule has 0 spiro atoms. The molecule has 0 fully saturated rings. The number of rotatable bonds is 5. The van der Waals surface area contributed by atoms with E-state index in [-0.39, 0.29) is 6.04 Å². The van der Waals surface area contributed by atoms with Crippen molar-refractivity contribution >= 4 is 0 Å². The van der Waals surface area contributed by atoms with Gasteiger partial charge < -0.3 is 5.32 Å². The predicted octanol–water partition coefficient (Wildman–Crippen LogP) is 2.49. The molecule has 2 aromatic rings. The Labute approximate surface area is 107 Å². The van der Waals surface area contributed by atoms with Crippen LogP contribution in [0.25, 0.3) is 5.69 Å². The van der Waals surface area contributed by atoms with E-state index in [1.807, 2.05) is 37.3 Å². The largest absolute Gasteiger partial charge is 0.305 e. The molecule has 4 heteroatoms. The van der Waals surface area contributed by atoms with Gasteiger partial charge in [-0.1, -0.05) is 37.3 Å². The Hall–Kier alpha value is -1.94. The van der Waals surface area contributed by atoms with Crippen molar-refractivity contribution in [1.29, 1.82) is 0 Å². The fraction of sp³-hybridized carbons (Fsp3) is 0.286. The third-order valence-corrected chi connectivity index (χ3v) is 2.69. The Morgan fingerprint density at radius 2 is 2.11 bits per heavy atom. The lowest BCUT2D eigenvalue weighted by molar-refractivity contribution is 0.597. The van der Waals surface area contributed by atoms with Crippen molar-refractivity contribution in [3.8, 4) is 5.69 Å². The zero-order chi connectivity index (χ0) is 13.0. The number of aromatic nitrogens is 3. The molecule has 0 aliphatic heterocycles. The monoisotopic (exact) mass is 242 g/mol. The van der Waals surface area contributed by atoms with Crippen LogP contribution in [0.1, 0.15) is 25.6 Å². The van der Waals surface area contributed by atoms with Crippen LogP contribution in [0.4, 0.5) is 0 Å². The maximum Gasteiger partial charge on any atom is 0.104 e. The maximum absolute atomic E-state index is 4.50. The summed E-state index contributed by atoms with van der Waals surface area (Å²) in [5, 5.41) is 12.1. The lowest BCUT2D eigenvalue weighted by Gasteiger charge is -2.14. The number of hydrogen-bond acceptors (Lipinski definition) is 3. The summed E-state index contributed by atoms with van der Waals surface area (Å²) in [6.07, 6.45) is 1.79. The third-order valence-electron chi connectivity index (χ3n) is 2.69. The second kappa shape index (κ2) is 5.60. The van der Waals surface area contributed by atoms with E-state index in [0.717, 1.165) is 23.5 Å². The van der Waals surface area contributed by atoms with Crippen LogP contribution in [-0.2, 0) is 0 Å². The lowest BCUT2D eigenvalue weighted by atomic mass is 10.1. The second-order valence-corrected chi connectivity index (χ2v) is 4.23. The van der Waals surface area contributed by atoms with Crippen LogP contribution in [0.3, 0.4) is 0 Å². The summed E-state index contributed by atoms with van der Waals surface area (Å²) in [4.78, 5) is 1.64. The average Bonchev–Trinajstić information content (AvgIpc) is 2.86. The van der Waals surface area contributed by atoms with Crippen LogP contribution >= 0.6 is 0 Å². The highest BCUT2D eigenvalue weighted by Crippen LogP contribution is 2.17. The molecule has 0 radical (unpaired) electrons. The molecule has 4 nitrogen and oxygen atoms in total. The van der Waals surface area contributed by atoms with Gasteiger partial charge in [0.15, 0.2) is 0 Å². The molecule has 1 unspecified atom stereocenters. The third kappa shape index (κ3) is 2.65. The van der Waals surface area contributed by atoms with Crippen molar-refractivity contribution in [3.63, 3.8) is 0 Å². The minimum absolute atomic E-state index is 0.0625. The van der Waals surface area contributed by atoms with E-state index < -0.39 is 0 Å². The van der Waals surface area contributed by atoms with Gasteiger partial charge in [0.05, 0.1) is 17.9 Å². The van der Waals surface area contributed by atoms with Crippen molar-refractivity contribution in [3.05, 3.63) is 54.4 Å². The molecule has 1 atom stereocenters. The zero-order valence-corrected chi connectivity index (χ0v) is 10.8. The first kappa shape index (κ1) is 12.5. The molecule has 0 bridgehead atoms. The van der Waals surface area contributed by atoms with E-state index in [1.165, 1.54) is 0 Å². The van der Waals surface area contributed by atoms with Crippen LogP contribution in [0.15, 0.2) is 48.7 Å². The van der Waals surface area contributed by atoms with E-state index in [2.05, 4.69) is 29.0 Å². The molecule has 1 aromatic carbocycles. The average molecular weight is 242 g/mol. The van der Waals surface area contributed by atoms with Crippen molar-refractivity contribution in [2.24, 2.45) is 0 Å². The molecule has 0 aliphatic carbocycles. The van der Waals surface area contributed by atoms with E-state index in [1.54, 1.807) is 11.0 Å². The SMILES string of the molecule is C=C(C)C(NCC)c1cnn(-c2ccccc2)n1. The normalized spacial score (nSPS) is 12.3. The Morgan fingerprint density at radius 1 is 1.39 bits per heavy atom. The van der Waals surface area contributed by atoms with Crippen molar-refractivity contribution in [1.82, 2.24) is 20.3 Å². The molecule has 0 aliphatic rings. The lowest BCUT2D eigenvalue weighted by Crippen LogP contribution is -2.22. The number of hydrogen-bond donors (Lipinski definition) is 1. The van der Waals surface area contributed by atoms with Gasteiger partial charge in [-0.05, 0) is 25.6 Å². The van der Waals surface area contributed by atoms with Crippen LogP contribution in [0, 0.1) is 0 Å². The van der Waals surface area contributed by atoms with E-state index in [9.17, 15) is 0 Å². The highest BCUT2D eigenvalue weighted by Gasteiger charge is 2.15. The van der Waals surface area contributed by atoms with Gasteiger partial charge in [-0.3, -0.25) is 0 Å². The standard InChI is InChI=1S/C14H18N4/c1-4-15-14(11(2)3)13-10-16-18(17-13)12-8-6-5-7-9-12/h5-10,14-15H,2,4H2,1,3H3. The second-order valence-electron chi connectivity index (χ2n) is 4.23. The quantitative estimate of drug-likeness (QED) is 0.819. The van der Waals surface area contributed by atoms with Crippen LogP contribution in [0.2, 0.25) is 0 Å². The number of benzene rings is 1. The highest BCUT2D eigenvalue weighted by atomic mass is 15.5. The molecule has 0 saturated carbocycles. The predicted molar refractivity (Wildman–Crippen MR) is 72.6 cm³/mol. The fourth-order valence-electron chi connectivity index (χ4n) is 1.83. The molecule has 2 rings (SSSR count). The Balaban J connectivity index is 2.27. The van der Waals surface area contributed by atoms with E-state index in [0.29, 0.717) is 0 Å². The van der Waals surface area contributed by atoms with Gasteiger partial charge in [0.2, 0.25) is 0 Å². The van der Waals surface area contributed by atoms with E-state index >= 15 is 0 Å². The van der Waals surface area contributed by atoms with Gasteiger partial charge in [-0.15, -0.1) is 0 Å². The van der Waals surface area contributed by atoms with Gasteiger partial charge in [-0.25, -0.2) is 0 Å². The number of para-hydroxylation sites is 1. The Bertz CT molecular complexity index is 516. The van der Waals surface area contributed by atoms with Crippen molar-refractivity contribution < 1.29 is 0 Å². The number of nitrogens with zero attached hydrogens (tertiary/aromatic N) is 3. The molecule has 94 valence electrons. The highest BCUT2D eigenvalue weighted by molar-refractivity contribution is 5.29. The molecular weight excluding hydrogens is 224 g/mol. The smallest absolute Gasteiger partial charge is 0.104 e. The minimum Gasteiger partial charge on any atom is -0.305 e.